The maximum atomic E-state index is 13.7. The maximum absolute atomic E-state index is 13.7. The first-order valence-electron chi connectivity index (χ1n) is 6.62. The van der Waals surface area contributed by atoms with Crippen molar-refractivity contribution in [3.8, 4) is 0 Å². The predicted molar refractivity (Wildman–Crippen MR) is 71.3 cm³/mol. The van der Waals surface area contributed by atoms with Crippen molar-refractivity contribution >= 4 is 0 Å². The first-order valence-corrected chi connectivity index (χ1v) is 6.62. The van der Waals surface area contributed by atoms with Crippen molar-refractivity contribution < 1.29 is 14.6 Å². The van der Waals surface area contributed by atoms with E-state index in [1.54, 1.807) is 12.1 Å². The highest BCUT2D eigenvalue weighted by Crippen LogP contribution is 2.21. The van der Waals surface area contributed by atoms with Gasteiger partial charge >= 0.3 is 0 Å². The number of β-amino-alcohol motifs (C(OH)–C–C–N with tert-alkyl or cyclic N) is 2. The summed E-state index contributed by atoms with van der Waals surface area (Å²) in [6.45, 7) is 1.68. The summed E-state index contributed by atoms with van der Waals surface area (Å²) in [5.41, 5.74) is 0.658. The predicted octanol–water partition coefficient (Wildman–Crippen LogP) is 0.514. The Hall–Kier alpha value is -1.01. The number of aliphatic hydroxyl groups excluding tert-OH is 2. The third kappa shape index (κ3) is 3.51. The summed E-state index contributed by atoms with van der Waals surface area (Å²) in [5.74, 6) is -0.205. The van der Waals surface area contributed by atoms with Crippen LogP contribution in [0.25, 0.3) is 0 Å². The van der Waals surface area contributed by atoms with Crippen molar-refractivity contribution in [3.63, 3.8) is 0 Å². The zero-order valence-corrected chi connectivity index (χ0v) is 11.1. The Morgan fingerprint density at radius 2 is 1.95 bits per heavy atom. The highest BCUT2D eigenvalue weighted by Gasteiger charge is 2.29. The molecule has 1 fully saturated rings. The lowest BCUT2D eigenvalue weighted by molar-refractivity contribution is 0.0572. The molecule has 0 saturated carbocycles. The Bertz CT molecular complexity index is 406. The molecule has 1 aliphatic heterocycles. The van der Waals surface area contributed by atoms with E-state index in [1.807, 2.05) is 18.0 Å². The first-order chi connectivity index (χ1) is 9.11. The molecule has 3 unspecified atom stereocenters. The van der Waals surface area contributed by atoms with E-state index in [9.17, 15) is 14.6 Å². The monoisotopic (exact) mass is 268 g/mol. The van der Waals surface area contributed by atoms with E-state index in [-0.39, 0.29) is 11.9 Å². The fourth-order valence-corrected chi connectivity index (χ4v) is 2.55. The maximum Gasteiger partial charge on any atom is 0.127 e. The molecule has 0 aromatic heterocycles. The Morgan fingerprint density at radius 3 is 2.53 bits per heavy atom. The molecule has 106 valence electrons. The van der Waals surface area contributed by atoms with Crippen LogP contribution in [0.1, 0.15) is 18.0 Å². The van der Waals surface area contributed by atoms with Gasteiger partial charge in [0.2, 0.25) is 0 Å². The van der Waals surface area contributed by atoms with Gasteiger partial charge in [-0.15, -0.1) is 0 Å². The summed E-state index contributed by atoms with van der Waals surface area (Å²) < 4.78 is 13.7. The lowest BCUT2D eigenvalue weighted by Crippen LogP contribution is -2.28. The van der Waals surface area contributed by atoms with Gasteiger partial charge in [0.25, 0.3) is 0 Å². The second-order valence-electron chi connectivity index (χ2n) is 5.05. The van der Waals surface area contributed by atoms with E-state index in [0.717, 1.165) is 6.42 Å². The van der Waals surface area contributed by atoms with E-state index in [2.05, 4.69) is 5.32 Å². The molecule has 1 aromatic rings. The van der Waals surface area contributed by atoms with Crippen molar-refractivity contribution in [1.82, 2.24) is 10.2 Å². The molecule has 1 saturated heterocycles. The lowest BCUT2D eigenvalue weighted by Gasteiger charge is -2.21. The second-order valence-corrected chi connectivity index (χ2v) is 5.05. The molecular formula is C14H21FN2O2. The third-order valence-corrected chi connectivity index (χ3v) is 3.70. The van der Waals surface area contributed by atoms with Crippen LogP contribution in [-0.2, 0) is 0 Å². The Kier molecular flexibility index (Phi) is 4.87. The highest BCUT2D eigenvalue weighted by molar-refractivity contribution is 5.21. The van der Waals surface area contributed by atoms with Crippen LogP contribution >= 0.6 is 0 Å². The molecule has 5 heteroatoms. The number of likely N-dealkylation sites (tertiary alicyclic amines) is 1. The molecule has 1 aromatic carbocycles. The van der Waals surface area contributed by atoms with Gasteiger partial charge in [0, 0.05) is 31.2 Å². The zero-order chi connectivity index (χ0) is 13.8. The number of nitrogens with one attached hydrogen (secondary N) is 1. The smallest absolute Gasteiger partial charge is 0.127 e. The summed E-state index contributed by atoms with van der Waals surface area (Å²) in [7, 11) is 1.81. The van der Waals surface area contributed by atoms with E-state index in [0.29, 0.717) is 25.2 Å². The molecule has 0 amide bonds. The summed E-state index contributed by atoms with van der Waals surface area (Å²) in [6, 6.07) is 6.69. The molecule has 19 heavy (non-hydrogen) atoms. The van der Waals surface area contributed by atoms with Crippen molar-refractivity contribution in [2.75, 3.05) is 26.7 Å². The van der Waals surface area contributed by atoms with Crippen LogP contribution in [0.5, 0.6) is 0 Å². The molecule has 0 radical (unpaired) electrons. The van der Waals surface area contributed by atoms with Crippen LogP contribution in [0.3, 0.4) is 0 Å². The van der Waals surface area contributed by atoms with Gasteiger partial charge in [-0.2, -0.15) is 0 Å². The third-order valence-electron chi connectivity index (χ3n) is 3.70. The van der Waals surface area contributed by atoms with Gasteiger partial charge in [0.05, 0.1) is 12.2 Å². The zero-order valence-electron chi connectivity index (χ0n) is 11.1. The van der Waals surface area contributed by atoms with Crippen LogP contribution in [0, 0.1) is 5.82 Å². The number of hydrogen-bond acceptors (Lipinski definition) is 4. The normalized spacial score (nSPS) is 25.7. The minimum Gasteiger partial charge on any atom is -0.389 e. The summed E-state index contributed by atoms with van der Waals surface area (Å²) in [4.78, 5) is 2.00. The van der Waals surface area contributed by atoms with Crippen molar-refractivity contribution in [1.29, 1.82) is 0 Å². The topological polar surface area (TPSA) is 55.7 Å². The molecule has 0 bridgehead atoms. The molecular weight excluding hydrogens is 247 g/mol. The van der Waals surface area contributed by atoms with Gasteiger partial charge in [-0.1, -0.05) is 18.2 Å². The van der Waals surface area contributed by atoms with Gasteiger partial charge in [-0.25, -0.2) is 4.39 Å². The Morgan fingerprint density at radius 1 is 1.32 bits per heavy atom. The molecule has 3 N–H and O–H groups in total. The number of benzene rings is 1. The van der Waals surface area contributed by atoms with E-state index in [1.165, 1.54) is 6.07 Å². The second kappa shape index (κ2) is 6.43. The molecule has 0 spiro atoms. The van der Waals surface area contributed by atoms with Crippen LogP contribution < -0.4 is 5.32 Å². The fourth-order valence-electron chi connectivity index (χ4n) is 2.55. The fraction of sp³-hybridized carbons (Fsp3) is 0.571. The van der Waals surface area contributed by atoms with Crippen molar-refractivity contribution in [3.05, 3.63) is 35.6 Å². The number of rotatable bonds is 5. The molecule has 0 aliphatic carbocycles. The largest absolute Gasteiger partial charge is 0.389 e. The molecule has 1 aliphatic rings. The van der Waals surface area contributed by atoms with Crippen LogP contribution in [0.15, 0.2) is 24.3 Å². The average Bonchev–Trinajstić information content (AvgIpc) is 2.71. The number of aliphatic hydroxyl groups is 2. The van der Waals surface area contributed by atoms with Gasteiger partial charge in [-0.3, -0.25) is 4.90 Å². The first kappa shape index (κ1) is 14.4. The van der Waals surface area contributed by atoms with Gasteiger partial charge in [0.15, 0.2) is 0 Å². The quantitative estimate of drug-likeness (QED) is 0.728. The summed E-state index contributed by atoms with van der Waals surface area (Å²) in [5, 5.41) is 22.1. The van der Waals surface area contributed by atoms with Crippen LogP contribution in [0.4, 0.5) is 4.39 Å². The van der Waals surface area contributed by atoms with E-state index >= 15 is 0 Å². The van der Waals surface area contributed by atoms with E-state index in [4.69, 9.17) is 0 Å². The SMILES string of the molecule is CNC(CCN1CC(O)C(O)C1)c1ccccc1F. The Labute approximate surface area is 112 Å². The molecule has 3 atom stereocenters. The van der Waals surface area contributed by atoms with Crippen LogP contribution in [-0.4, -0.2) is 54.0 Å². The van der Waals surface area contributed by atoms with Crippen LogP contribution in [0.2, 0.25) is 0 Å². The minimum atomic E-state index is -0.665. The molecule has 2 rings (SSSR count). The van der Waals surface area contributed by atoms with Gasteiger partial charge in [-0.05, 0) is 19.5 Å². The molecule has 4 nitrogen and oxygen atoms in total. The minimum absolute atomic E-state index is 0.0592. The summed E-state index contributed by atoms with van der Waals surface area (Å²) in [6.07, 6.45) is -0.598. The molecule has 1 heterocycles. The number of nitrogens with zero attached hydrogens (tertiary/aromatic N) is 1. The highest BCUT2D eigenvalue weighted by atomic mass is 19.1. The average molecular weight is 268 g/mol. The van der Waals surface area contributed by atoms with Crippen molar-refractivity contribution in [2.45, 2.75) is 24.7 Å². The number of halogens is 1. The lowest BCUT2D eigenvalue weighted by atomic mass is 10.0. The van der Waals surface area contributed by atoms with Gasteiger partial charge in [0.1, 0.15) is 5.82 Å². The van der Waals surface area contributed by atoms with Gasteiger partial charge < -0.3 is 15.5 Å². The standard InChI is InChI=1S/C14H21FN2O2/c1-16-12(10-4-2-3-5-11(10)15)6-7-17-8-13(18)14(19)9-17/h2-5,12-14,16,18-19H,6-9H2,1H3. The number of hydrogen-bond donors (Lipinski definition) is 3. The van der Waals surface area contributed by atoms with E-state index < -0.39 is 12.2 Å². The Balaban J connectivity index is 1.92. The van der Waals surface area contributed by atoms with Crippen molar-refractivity contribution in [2.24, 2.45) is 0 Å². The summed E-state index contributed by atoms with van der Waals surface area (Å²) >= 11 is 0.